The van der Waals surface area contributed by atoms with Gasteiger partial charge in [0.1, 0.15) is 11.5 Å². The van der Waals surface area contributed by atoms with Gasteiger partial charge in [-0.2, -0.15) is 0 Å². The highest BCUT2D eigenvalue weighted by Gasteiger charge is 2.07. The molecule has 0 radical (unpaired) electrons. The normalized spacial score (nSPS) is 10.4. The number of nitrogens with two attached hydrogens (primary N) is 2. The Bertz CT molecular complexity index is 596. The molecule has 5 N–H and O–H groups in total. The number of nitrogen functional groups attached to an aromatic ring is 1. The standard InChI is InChI=1S/C12H15N5OS/c1-7-16-8(6-19-7)4-5-15-12-9(13)2-3-10(17-12)11(14)18/h2-3,6H,4-5,13H2,1H3,(H2,14,18)(H,15,17). The second kappa shape index (κ2) is 5.66. The first-order valence-electron chi connectivity index (χ1n) is 5.77. The Morgan fingerprint density at radius 1 is 1.42 bits per heavy atom. The summed E-state index contributed by atoms with van der Waals surface area (Å²) in [5.41, 5.74) is 12.7. The predicted octanol–water partition coefficient (Wildman–Crippen LogP) is 1.18. The van der Waals surface area contributed by atoms with Crippen molar-refractivity contribution in [2.45, 2.75) is 13.3 Å². The van der Waals surface area contributed by atoms with Crippen LogP contribution in [0.5, 0.6) is 0 Å². The van der Waals surface area contributed by atoms with Crippen LogP contribution >= 0.6 is 11.3 Å². The summed E-state index contributed by atoms with van der Waals surface area (Å²) in [5.74, 6) is -0.0959. The molecule has 0 aliphatic heterocycles. The highest BCUT2D eigenvalue weighted by molar-refractivity contribution is 7.09. The van der Waals surface area contributed by atoms with Crippen LogP contribution in [0.25, 0.3) is 0 Å². The molecule has 7 heteroatoms. The number of primary amides is 1. The van der Waals surface area contributed by atoms with Crippen molar-refractivity contribution >= 4 is 28.7 Å². The zero-order valence-corrected chi connectivity index (χ0v) is 11.3. The van der Waals surface area contributed by atoms with Crippen LogP contribution in [0.4, 0.5) is 11.5 Å². The van der Waals surface area contributed by atoms with Gasteiger partial charge in [0.15, 0.2) is 0 Å². The number of thiazole rings is 1. The Balaban J connectivity index is 1.99. The van der Waals surface area contributed by atoms with E-state index in [1.807, 2.05) is 12.3 Å². The number of pyridine rings is 1. The summed E-state index contributed by atoms with van der Waals surface area (Å²) in [4.78, 5) is 19.5. The van der Waals surface area contributed by atoms with E-state index in [0.717, 1.165) is 17.1 Å². The first-order valence-corrected chi connectivity index (χ1v) is 6.65. The first kappa shape index (κ1) is 13.3. The van der Waals surface area contributed by atoms with Gasteiger partial charge in [0.2, 0.25) is 0 Å². The molecule has 0 saturated carbocycles. The van der Waals surface area contributed by atoms with E-state index in [1.54, 1.807) is 17.4 Å². The zero-order valence-electron chi connectivity index (χ0n) is 10.5. The van der Waals surface area contributed by atoms with Crippen LogP contribution < -0.4 is 16.8 Å². The Hall–Kier alpha value is -2.15. The molecule has 0 unspecified atom stereocenters. The van der Waals surface area contributed by atoms with Crippen LogP contribution in [0.15, 0.2) is 17.5 Å². The fourth-order valence-electron chi connectivity index (χ4n) is 1.58. The van der Waals surface area contributed by atoms with Crippen LogP contribution in [-0.4, -0.2) is 22.4 Å². The van der Waals surface area contributed by atoms with Gasteiger partial charge in [-0.1, -0.05) is 0 Å². The fourth-order valence-corrected chi connectivity index (χ4v) is 2.23. The summed E-state index contributed by atoms with van der Waals surface area (Å²) in [6, 6.07) is 3.12. The number of aryl methyl sites for hydroxylation is 1. The fraction of sp³-hybridized carbons (Fsp3) is 0.250. The average molecular weight is 277 g/mol. The molecule has 100 valence electrons. The molecule has 0 aromatic carbocycles. The summed E-state index contributed by atoms with van der Waals surface area (Å²) >= 11 is 1.62. The van der Waals surface area contributed by atoms with Crippen molar-refractivity contribution in [3.8, 4) is 0 Å². The van der Waals surface area contributed by atoms with Gasteiger partial charge in [-0.05, 0) is 19.1 Å². The van der Waals surface area contributed by atoms with Crippen LogP contribution in [0.2, 0.25) is 0 Å². The van der Waals surface area contributed by atoms with E-state index in [0.29, 0.717) is 18.1 Å². The minimum absolute atomic E-state index is 0.196. The summed E-state index contributed by atoms with van der Waals surface area (Å²) in [6.45, 7) is 2.61. The number of carbonyl (C=O) groups is 1. The third kappa shape index (κ3) is 3.41. The Morgan fingerprint density at radius 3 is 2.84 bits per heavy atom. The predicted molar refractivity (Wildman–Crippen MR) is 76.2 cm³/mol. The maximum atomic E-state index is 11.0. The molecule has 2 aromatic rings. The number of aromatic nitrogens is 2. The molecule has 0 fully saturated rings. The number of nitrogens with one attached hydrogen (secondary N) is 1. The number of hydrogen-bond donors (Lipinski definition) is 3. The van der Waals surface area contributed by atoms with E-state index in [2.05, 4.69) is 15.3 Å². The van der Waals surface area contributed by atoms with Crippen molar-refractivity contribution < 1.29 is 4.79 Å². The summed E-state index contributed by atoms with van der Waals surface area (Å²) in [7, 11) is 0. The molecule has 0 bridgehead atoms. The number of hydrogen-bond acceptors (Lipinski definition) is 6. The lowest BCUT2D eigenvalue weighted by molar-refractivity contribution is 0.0996. The van der Waals surface area contributed by atoms with Crippen molar-refractivity contribution in [1.29, 1.82) is 0 Å². The molecule has 6 nitrogen and oxygen atoms in total. The molecule has 19 heavy (non-hydrogen) atoms. The molecule has 0 saturated heterocycles. The number of carbonyl (C=O) groups excluding carboxylic acids is 1. The summed E-state index contributed by atoms with van der Waals surface area (Å²) < 4.78 is 0. The number of anilines is 2. The van der Waals surface area contributed by atoms with Crippen LogP contribution in [-0.2, 0) is 6.42 Å². The van der Waals surface area contributed by atoms with Gasteiger partial charge < -0.3 is 16.8 Å². The van der Waals surface area contributed by atoms with Gasteiger partial charge in [0.25, 0.3) is 5.91 Å². The van der Waals surface area contributed by atoms with Gasteiger partial charge in [0.05, 0.1) is 16.4 Å². The minimum Gasteiger partial charge on any atom is -0.396 e. The number of nitrogens with zero attached hydrogens (tertiary/aromatic N) is 2. The second-order valence-electron chi connectivity index (χ2n) is 4.03. The third-order valence-electron chi connectivity index (χ3n) is 2.52. The molecular weight excluding hydrogens is 262 g/mol. The topological polar surface area (TPSA) is 107 Å². The van der Waals surface area contributed by atoms with Gasteiger partial charge in [-0.15, -0.1) is 11.3 Å². The number of amides is 1. The van der Waals surface area contributed by atoms with E-state index in [9.17, 15) is 4.79 Å². The molecule has 1 amide bonds. The zero-order chi connectivity index (χ0) is 13.8. The smallest absolute Gasteiger partial charge is 0.267 e. The summed E-state index contributed by atoms with van der Waals surface area (Å²) in [5, 5.41) is 6.15. The van der Waals surface area contributed by atoms with Gasteiger partial charge in [-0.25, -0.2) is 9.97 Å². The largest absolute Gasteiger partial charge is 0.396 e. The Kier molecular flexibility index (Phi) is 3.96. The van der Waals surface area contributed by atoms with Crippen molar-refractivity contribution in [1.82, 2.24) is 9.97 Å². The van der Waals surface area contributed by atoms with Crippen LogP contribution in [0.1, 0.15) is 21.2 Å². The van der Waals surface area contributed by atoms with Crippen LogP contribution in [0.3, 0.4) is 0 Å². The van der Waals surface area contributed by atoms with Gasteiger partial charge >= 0.3 is 0 Å². The highest BCUT2D eigenvalue weighted by Crippen LogP contribution is 2.16. The molecule has 0 atom stereocenters. The lowest BCUT2D eigenvalue weighted by Crippen LogP contribution is -2.16. The lowest BCUT2D eigenvalue weighted by atomic mass is 10.3. The van der Waals surface area contributed by atoms with E-state index < -0.39 is 5.91 Å². The van der Waals surface area contributed by atoms with Crippen molar-refractivity contribution in [3.05, 3.63) is 33.9 Å². The van der Waals surface area contributed by atoms with E-state index in [4.69, 9.17) is 11.5 Å². The highest BCUT2D eigenvalue weighted by atomic mass is 32.1. The second-order valence-corrected chi connectivity index (χ2v) is 5.10. The maximum Gasteiger partial charge on any atom is 0.267 e. The molecule has 2 aromatic heterocycles. The maximum absolute atomic E-state index is 11.0. The number of rotatable bonds is 5. The van der Waals surface area contributed by atoms with Crippen LogP contribution in [0, 0.1) is 6.92 Å². The Morgan fingerprint density at radius 2 is 2.21 bits per heavy atom. The van der Waals surface area contributed by atoms with Gasteiger partial charge in [-0.3, -0.25) is 4.79 Å². The van der Waals surface area contributed by atoms with Crippen molar-refractivity contribution in [2.75, 3.05) is 17.6 Å². The van der Waals surface area contributed by atoms with E-state index in [1.165, 1.54) is 6.07 Å². The quantitative estimate of drug-likeness (QED) is 0.760. The molecule has 0 spiro atoms. The lowest BCUT2D eigenvalue weighted by Gasteiger charge is -2.08. The molecule has 0 aliphatic rings. The van der Waals surface area contributed by atoms with Crippen molar-refractivity contribution in [3.63, 3.8) is 0 Å². The first-order chi connectivity index (χ1) is 9.06. The Labute approximate surface area is 114 Å². The van der Waals surface area contributed by atoms with Crippen molar-refractivity contribution in [2.24, 2.45) is 5.73 Å². The van der Waals surface area contributed by atoms with Gasteiger partial charge in [0, 0.05) is 18.3 Å². The monoisotopic (exact) mass is 277 g/mol. The van der Waals surface area contributed by atoms with E-state index in [-0.39, 0.29) is 5.69 Å². The molecule has 2 heterocycles. The molecule has 0 aliphatic carbocycles. The SMILES string of the molecule is Cc1nc(CCNc2nc(C(N)=O)ccc2N)cs1. The molecule has 2 rings (SSSR count). The minimum atomic E-state index is -0.571. The summed E-state index contributed by atoms with van der Waals surface area (Å²) in [6.07, 6.45) is 0.770. The average Bonchev–Trinajstić information content (AvgIpc) is 2.77. The molecular formula is C12H15N5OS. The van der Waals surface area contributed by atoms with E-state index >= 15 is 0 Å². The third-order valence-corrected chi connectivity index (χ3v) is 3.34.